The zero-order chi connectivity index (χ0) is 43.2. The summed E-state index contributed by atoms with van der Waals surface area (Å²) in [6.07, 6.45) is 1.46. The number of hydrogen-bond acceptors (Lipinski definition) is 13. The van der Waals surface area contributed by atoms with Crippen molar-refractivity contribution < 1.29 is 24.3 Å². The summed E-state index contributed by atoms with van der Waals surface area (Å²) in [4.78, 5) is 42.2. The molecule has 4 atom stereocenters. The molecule has 3 saturated heterocycles. The lowest BCUT2D eigenvalue weighted by molar-refractivity contribution is -0.141. The molecule has 0 radical (unpaired) electrons. The summed E-state index contributed by atoms with van der Waals surface area (Å²) in [6.45, 7) is 15.0. The highest BCUT2D eigenvalue weighted by Gasteiger charge is 2.44. The number of para-hydroxylation sites is 1. The number of aryl methyl sites for hydroxylation is 2. The Morgan fingerprint density at radius 2 is 1.74 bits per heavy atom. The number of likely N-dealkylation sites (tertiary alicyclic amines) is 2. The Balaban J connectivity index is 0.778. The zero-order valence-electron chi connectivity index (χ0n) is 35.8. The van der Waals surface area contributed by atoms with Gasteiger partial charge in [-0.2, -0.15) is 0 Å². The van der Waals surface area contributed by atoms with Crippen LogP contribution in [0.4, 0.5) is 5.82 Å². The second kappa shape index (κ2) is 17.5. The van der Waals surface area contributed by atoms with Gasteiger partial charge in [0.2, 0.25) is 11.8 Å². The summed E-state index contributed by atoms with van der Waals surface area (Å²) in [6, 6.07) is 18.2. The van der Waals surface area contributed by atoms with Gasteiger partial charge in [-0.05, 0) is 80.3 Å². The molecule has 2 amide bonds. The number of aromatic hydroxyl groups is 1. The number of fused-ring (bicyclic) bond motifs is 1. The first-order valence-electron chi connectivity index (χ1n) is 21.7. The van der Waals surface area contributed by atoms with Crippen LogP contribution in [-0.2, 0) is 9.59 Å². The molecule has 324 valence electrons. The monoisotopic (exact) mass is 874 g/mol. The number of thiazole rings is 1. The molecule has 3 aliphatic heterocycles. The predicted octanol–water partition coefficient (Wildman–Crippen LogP) is 7.69. The van der Waals surface area contributed by atoms with Crippen LogP contribution in [0.1, 0.15) is 85.4 Å². The number of carbonyl (C=O) groups excluding carboxylic acids is 2. The van der Waals surface area contributed by atoms with Crippen molar-refractivity contribution in [2.24, 2.45) is 11.8 Å². The van der Waals surface area contributed by atoms with E-state index in [1.807, 2.05) is 81.7 Å². The van der Waals surface area contributed by atoms with Crippen LogP contribution in [0.25, 0.3) is 31.9 Å². The van der Waals surface area contributed by atoms with Gasteiger partial charge in [-0.1, -0.05) is 55.4 Å². The standard InChI is InChI=1S/C47H54N8O5S2/c1-26(2)42(47(59)55-24-34(56)18-38(55)45(58)49-28(4)31-10-12-32(13-11-31)44-29(5)48-25-61-44)40-20-41(52-60-40)54-16-14-30(15-17-54)21-53-22-33(23-53)43-27(3)36-19-37(50-51-46(36)62-43)35-8-6-7-9-39(35)57/h6-13,19-20,25-26,28,30,33-34,38,42,56-57H,14-18,21-24H2,1-5H3,(H,49,58)/t28-,34+,38-,42+/m0/s1. The predicted molar refractivity (Wildman–Crippen MR) is 242 cm³/mol. The molecule has 3 N–H and O–H groups in total. The molecule has 15 heteroatoms. The van der Waals surface area contributed by atoms with Gasteiger partial charge in [-0.25, -0.2) is 4.98 Å². The molecule has 0 bridgehead atoms. The molecule has 0 aliphatic carbocycles. The Bertz CT molecular complexity index is 2560. The Hall–Kier alpha value is -5.22. The molecule has 0 spiro atoms. The number of nitrogens with zero attached hydrogens (tertiary/aromatic N) is 7. The van der Waals surface area contributed by atoms with Crippen LogP contribution in [-0.4, -0.2) is 104 Å². The summed E-state index contributed by atoms with van der Waals surface area (Å²) in [5.41, 5.74) is 7.49. The van der Waals surface area contributed by atoms with E-state index in [-0.39, 0.29) is 42.5 Å². The lowest BCUT2D eigenvalue weighted by Gasteiger charge is -2.42. The van der Waals surface area contributed by atoms with Crippen molar-refractivity contribution in [2.45, 2.75) is 83.9 Å². The first-order valence-corrected chi connectivity index (χ1v) is 23.4. The highest BCUT2D eigenvalue weighted by atomic mass is 32.1. The number of β-amino-alcohol motifs (C(OH)–C–C–N with tert-alkyl or cyclic N) is 1. The van der Waals surface area contributed by atoms with Gasteiger partial charge >= 0.3 is 0 Å². The number of aromatic nitrogens is 4. The van der Waals surface area contributed by atoms with Crippen molar-refractivity contribution in [3.05, 3.63) is 93.6 Å². The number of benzene rings is 2. The minimum Gasteiger partial charge on any atom is -0.507 e. The highest BCUT2D eigenvalue weighted by molar-refractivity contribution is 7.19. The number of piperidine rings is 1. The molecule has 7 heterocycles. The van der Waals surface area contributed by atoms with Crippen molar-refractivity contribution in [1.82, 2.24) is 35.5 Å². The topological polar surface area (TPSA) is 161 Å². The molecule has 3 aliphatic rings. The van der Waals surface area contributed by atoms with E-state index in [0.29, 0.717) is 28.9 Å². The van der Waals surface area contributed by atoms with Gasteiger partial charge in [0.05, 0.1) is 33.9 Å². The Labute approximate surface area is 369 Å². The third-order valence-corrected chi connectivity index (χ3v) is 15.4. The number of aliphatic hydroxyl groups excluding tert-OH is 1. The van der Waals surface area contributed by atoms with Gasteiger partial charge in [-0.3, -0.25) is 9.59 Å². The third kappa shape index (κ3) is 8.35. The van der Waals surface area contributed by atoms with Gasteiger partial charge in [0.15, 0.2) is 11.6 Å². The summed E-state index contributed by atoms with van der Waals surface area (Å²) >= 11 is 3.34. The van der Waals surface area contributed by atoms with Crippen molar-refractivity contribution in [3.8, 4) is 27.4 Å². The second-order valence-electron chi connectivity index (χ2n) is 17.7. The van der Waals surface area contributed by atoms with Crippen LogP contribution in [0.5, 0.6) is 5.75 Å². The highest BCUT2D eigenvalue weighted by Crippen LogP contribution is 2.41. The number of hydrogen-bond donors (Lipinski definition) is 3. The summed E-state index contributed by atoms with van der Waals surface area (Å²) in [5.74, 6) is 1.19. The average Bonchev–Trinajstić information content (AvgIpc) is 4.06. The van der Waals surface area contributed by atoms with Crippen LogP contribution >= 0.6 is 22.7 Å². The van der Waals surface area contributed by atoms with E-state index >= 15 is 0 Å². The van der Waals surface area contributed by atoms with Crippen LogP contribution in [0, 0.1) is 25.7 Å². The summed E-state index contributed by atoms with van der Waals surface area (Å²) in [7, 11) is 0. The van der Waals surface area contributed by atoms with E-state index in [0.717, 1.165) is 83.3 Å². The van der Waals surface area contributed by atoms with E-state index in [1.165, 1.54) is 15.3 Å². The van der Waals surface area contributed by atoms with Gasteiger partial charge < -0.3 is 34.8 Å². The Kier molecular flexibility index (Phi) is 11.9. The Morgan fingerprint density at radius 1 is 0.984 bits per heavy atom. The fourth-order valence-corrected chi connectivity index (χ4v) is 11.5. The molecule has 6 aromatic rings. The quantitative estimate of drug-likeness (QED) is 0.111. The molecule has 0 unspecified atom stereocenters. The van der Waals surface area contributed by atoms with E-state index in [2.05, 4.69) is 48.4 Å². The largest absolute Gasteiger partial charge is 0.507 e. The number of carbonyl (C=O) groups is 2. The zero-order valence-corrected chi connectivity index (χ0v) is 37.5. The summed E-state index contributed by atoms with van der Waals surface area (Å²) in [5, 5.41) is 38.7. The van der Waals surface area contributed by atoms with E-state index < -0.39 is 18.1 Å². The van der Waals surface area contributed by atoms with E-state index in [4.69, 9.17) is 4.52 Å². The molecular formula is C47H54N8O5S2. The molecule has 0 saturated carbocycles. The molecule has 4 aromatic heterocycles. The third-order valence-electron chi connectivity index (χ3n) is 13.1. The van der Waals surface area contributed by atoms with E-state index in [9.17, 15) is 19.8 Å². The first-order chi connectivity index (χ1) is 29.9. The van der Waals surface area contributed by atoms with Gasteiger partial charge in [0, 0.05) is 73.5 Å². The minimum absolute atomic E-state index is 0.0871. The number of amides is 2. The van der Waals surface area contributed by atoms with Crippen molar-refractivity contribution in [1.29, 1.82) is 0 Å². The van der Waals surface area contributed by atoms with Gasteiger partial charge in [0.1, 0.15) is 22.5 Å². The average molecular weight is 875 g/mol. The molecule has 9 rings (SSSR count). The normalized spacial score (nSPS) is 19.9. The maximum Gasteiger partial charge on any atom is 0.243 e. The van der Waals surface area contributed by atoms with Gasteiger partial charge in [0.25, 0.3) is 0 Å². The summed E-state index contributed by atoms with van der Waals surface area (Å²) < 4.78 is 5.92. The van der Waals surface area contributed by atoms with Crippen molar-refractivity contribution >= 4 is 50.5 Å². The van der Waals surface area contributed by atoms with Gasteiger partial charge in [-0.15, -0.1) is 32.9 Å². The lowest BCUT2D eigenvalue weighted by atomic mass is 9.90. The number of phenols is 1. The van der Waals surface area contributed by atoms with E-state index in [1.54, 1.807) is 28.7 Å². The smallest absolute Gasteiger partial charge is 0.243 e. The maximum absolute atomic E-state index is 14.3. The fourth-order valence-electron chi connectivity index (χ4n) is 9.53. The molecule has 3 fully saturated rings. The fraction of sp³-hybridized carbons (Fsp3) is 0.447. The van der Waals surface area contributed by atoms with Crippen molar-refractivity contribution in [3.63, 3.8) is 0 Å². The first kappa shape index (κ1) is 42.1. The minimum atomic E-state index is -0.797. The number of thiophene rings is 1. The van der Waals surface area contributed by atoms with Crippen LogP contribution in [0.15, 0.2) is 70.7 Å². The number of rotatable bonds is 12. The molecular weight excluding hydrogens is 821 g/mol. The second-order valence-corrected chi connectivity index (χ2v) is 19.6. The maximum atomic E-state index is 14.3. The van der Waals surface area contributed by atoms with Crippen molar-refractivity contribution in [2.75, 3.05) is 44.2 Å². The van der Waals surface area contributed by atoms with Crippen LogP contribution < -0.4 is 10.2 Å². The molecule has 13 nitrogen and oxygen atoms in total. The lowest BCUT2D eigenvalue weighted by Crippen LogP contribution is -2.48. The number of phenolic OH excluding ortho intramolecular Hbond substituents is 1. The number of anilines is 1. The number of aliphatic hydroxyl groups is 1. The molecule has 62 heavy (non-hydrogen) atoms. The van der Waals surface area contributed by atoms with Crippen LogP contribution in [0.2, 0.25) is 0 Å². The molecule has 2 aromatic carbocycles. The van der Waals surface area contributed by atoms with Crippen LogP contribution in [0.3, 0.4) is 0 Å². The number of nitrogens with one attached hydrogen (secondary N) is 1. The Morgan fingerprint density at radius 3 is 2.45 bits per heavy atom. The SMILES string of the molecule is Cc1ncsc1-c1ccc([C@H](C)NC(=O)[C@@H]2C[C@@H](O)CN2C(=O)[C@@H](c2cc(N3CCC(CN4CC(c5sc6nnc(-c7ccccc7O)cc6c5C)C4)CC3)no2)C(C)C)cc1.